The molecule has 114 valence electrons. The van der Waals surface area contributed by atoms with Crippen LogP contribution in [0.5, 0.6) is 5.75 Å². The molecule has 0 bridgehead atoms. The Morgan fingerprint density at radius 2 is 2.14 bits per heavy atom. The molecule has 1 amide bonds. The van der Waals surface area contributed by atoms with E-state index in [1.54, 1.807) is 13.1 Å². The Labute approximate surface area is 126 Å². The smallest absolute Gasteiger partial charge is 0.237 e. The van der Waals surface area contributed by atoms with E-state index < -0.39 is 0 Å². The SMILES string of the molecule is CNC(=O)C1CCCCN1C1CCCc2ccc(O)cc21. The highest BCUT2D eigenvalue weighted by atomic mass is 16.3. The first-order chi connectivity index (χ1) is 10.2. The molecular formula is C17H24N2O2. The summed E-state index contributed by atoms with van der Waals surface area (Å²) in [5.41, 5.74) is 2.54. The van der Waals surface area contributed by atoms with E-state index in [2.05, 4.69) is 10.2 Å². The lowest BCUT2D eigenvalue weighted by Crippen LogP contribution is -2.50. The minimum absolute atomic E-state index is 0.0259. The maximum atomic E-state index is 12.2. The predicted molar refractivity (Wildman–Crippen MR) is 82.2 cm³/mol. The first-order valence-corrected chi connectivity index (χ1v) is 8.00. The second kappa shape index (κ2) is 6.06. The molecule has 21 heavy (non-hydrogen) atoms. The number of aryl methyl sites for hydroxylation is 1. The molecule has 1 aliphatic heterocycles. The Kier molecular flexibility index (Phi) is 4.15. The quantitative estimate of drug-likeness (QED) is 0.878. The number of phenolic OH excluding ortho intramolecular Hbond substituents is 1. The maximum absolute atomic E-state index is 12.2. The van der Waals surface area contributed by atoms with E-state index in [0.717, 1.165) is 45.1 Å². The lowest BCUT2D eigenvalue weighted by molar-refractivity contribution is -0.128. The van der Waals surface area contributed by atoms with Gasteiger partial charge in [-0.1, -0.05) is 12.5 Å². The van der Waals surface area contributed by atoms with Gasteiger partial charge in [-0.2, -0.15) is 0 Å². The standard InChI is InChI=1S/C17H24N2O2/c1-18-17(21)16-6-2-3-10-19(16)15-7-4-5-12-8-9-13(20)11-14(12)15/h8-9,11,15-16,20H,2-7,10H2,1H3,(H,18,21). The van der Waals surface area contributed by atoms with Gasteiger partial charge in [-0.25, -0.2) is 0 Å². The average Bonchev–Trinajstić information content (AvgIpc) is 2.53. The molecule has 2 aliphatic rings. The third-order valence-electron chi connectivity index (χ3n) is 4.91. The number of rotatable bonds is 2. The highest BCUT2D eigenvalue weighted by Crippen LogP contribution is 2.39. The van der Waals surface area contributed by atoms with Crippen molar-refractivity contribution in [3.05, 3.63) is 29.3 Å². The molecule has 1 fully saturated rings. The summed E-state index contributed by atoms with van der Waals surface area (Å²) in [4.78, 5) is 14.6. The zero-order valence-electron chi connectivity index (χ0n) is 12.6. The number of likely N-dealkylation sites (tertiary alicyclic amines) is 1. The van der Waals surface area contributed by atoms with Crippen LogP contribution >= 0.6 is 0 Å². The molecule has 3 rings (SSSR count). The Balaban J connectivity index is 1.92. The minimum atomic E-state index is -0.0259. The summed E-state index contributed by atoms with van der Waals surface area (Å²) in [6.45, 7) is 0.970. The highest BCUT2D eigenvalue weighted by Gasteiger charge is 2.35. The fraction of sp³-hybridized carbons (Fsp3) is 0.588. The van der Waals surface area contributed by atoms with Gasteiger partial charge in [-0.3, -0.25) is 9.69 Å². The van der Waals surface area contributed by atoms with Crippen molar-refractivity contribution in [2.24, 2.45) is 0 Å². The molecule has 4 nitrogen and oxygen atoms in total. The number of amides is 1. The molecule has 0 radical (unpaired) electrons. The van der Waals surface area contributed by atoms with Gasteiger partial charge in [0.2, 0.25) is 5.91 Å². The van der Waals surface area contributed by atoms with Crippen LogP contribution in [0, 0.1) is 0 Å². The van der Waals surface area contributed by atoms with Crippen LogP contribution in [0.3, 0.4) is 0 Å². The van der Waals surface area contributed by atoms with E-state index in [-0.39, 0.29) is 18.0 Å². The van der Waals surface area contributed by atoms with Crippen LogP contribution in [0.15, 0.2) is 18.2 Å². The van der Waals surface area contributed by atoms with E-state index in [1.165, 1.54) is 11.1 Å². The average molecular weight is 288 g/mol. The van der Waals surface area contributed by atoms with Crippen LogP contribution in [0.1, 0.15) is 49.3 Å². The topological polar surface area (TPSA) is 52.6 Å². The van der Waals surface area contributed by atoms with Gasteiger partial charge in [-0.15, -0.1) is 0 Å². The number of carbonyl (C=O) groups is 1. The lowest BCUT2D eigenvalue weighted by atomic mass is 9.84. The van der Waals surface area contributed by atoms with E-state index >= 15 is 0 Å². The number of likely N-dealkylation sites (N-methyl/N-ethyl adjacent to an activating group) is 1. The second-order valence-electron chi connectivity index (χ2n) is 6.15. The second-order valence-corrected chi connectivity index (χ2v) is 6.15. The van der Waals surface area contributed by atoms with Gasteiger partial charge >= 0.3 is 0 Å². The van der Waals surface area contributed by atoms with Crippen molar-refractivity contribution in [1.29, 1.82) is 0 Å². The Bertz CT molecular complexity index is 530. The first-order valence-electron chi connectivity index (χ1n) is 8.00. The van der Waals surface area contributed by atoms with Crippen molar-refractivity contribution >= 4 is 5.91 Å². The molecule has 0 spiro atoms. The number of hydrogen-bond donors (Lipinski definition) is 2. The molecule has 4 heteroatoms. The van der Waals surface area contributed by atoms with Crippen LogP contribution < -0.4 is 5.32 Å². The highest BCUT2D eigenvalue weighted by molar-refractivity contribution is 5.81. The fourth-order valence-corrected chi connectivity index (χ4v) is 3.88. The molecule has 1 saturated heterocycles. The zero-order chi connectivity index (χ0) is 14.8. The van der Waals surface area contributed by atoms with Gasteiger partial charge < -0.3 is 10.4 Å². The number of aromatic hydroxyl groups is 1. The summed E-state index contributed by atoms with van der Waals surface area (Å²) >= 11 is 0. The molecule has 2 atom stereocenters. The van der Waals surface area contributed by atoms with Crippen molar-refractivity contribution < 1.29 is 9.90 Å². The van der Waals surface area contributed by atoms with Gasteiger partial charge in [0, 0.05) is 13.1 Å². The summed E-state index contributed by atoms with van der Waals surface area (Å²) in [7, 11) is 1.72. The Morgan fingerprint density at radius 3 is 2.95 bits per heavy atom. The fourth-order valence-electron chi connectivity index (χ4n) is 3.88. The molecule has 1 aromatic carbocycles. The number of hydrogen-bond acceptors (Lipinski definition) is 3. The van der Waals surface area contributed by atoms with Crippen molar-refractivity contribution in [1.82, 2.24) is 10.2 Å². The van der Waals surface area contributed by atoms with Crippen LogP contribution in [0.2, 0.25) is 0 Å². The predicted octanol–water partition coefficient (Wildman–Crippen LogP) is 2.37. The number of piperidine rings is 1. The number of nitrogens with zero attached hydrogens (tertiary/aromatic N) is 1. The van der Waals surface area contributed by atoms with E-state index in [9.17, 15) is 9.90 Å². The Morgan fingerprint density at radius 1 is 1.29 bits per heavy atom. The molecule has 1 aromatic rings. The van der Waals surface area contributed by atoms with Crippen molar-refractivity contribution in [3.63, 3.8) is 0 Å². The van der Waals surface area contributed by atoms with Gasteiger partial charge in [0.05, 0.1) is 6.04 Å². The van der Waals surface area contributed by atoms with Crippen LogP contribution in [-0.2, 0) is 11.2 Å². The van der Waals surface area contributed by atoms with Gasteiger partial charge in [0.1, 0.15) is 5.75 Å². The van der Waals surface area contributed by atoms with E-state index in [0.29, 0.717) is 5.75 Å². The number of benzene rings is 1. The Hall–Kier alpha value is -1.55. The minimum Gasteiger partial charge on any atom is -0.508 e. The number of fused-ring (bicyclic) bond motifs is 1. The van der Waals surface area contributed by atoms with Crippen LogP contribution in [0.4, 0.5) is 0 Å². The lowest BCUT2D eigenvalue weighted by Gasteiger charge is -2.42. The molecule has 0 saturated carbocycles. The summed E-state index contributed by atoms with van der Waals surface area (Å²) in [6, 6.07) is 5.95. The van der Waals surface area contributed by atoms with Crippen molar-refractivity contribution in [2.45, 2.75) is 50.6 Å². The van der Waals surface area contributed by atoms with Crippen LogP contribution in [-0.4, -0.2) is 35.5 Å². The molecule has 2 unspecified atom stereocenters. The summed E-state index contributed by atoms with van der Waals surface area (Å²) in [6.07, 6.45) is 6.50. The van der Waals surface area contributed by atoms with Gasteiger partial charge in [0.15, 0.2) is 0 Å². The van der Waals surface area contributed by atoms with Gasteiger partial charge in [0.25, 0.3) is 0 Å². The number of nitrogens with one attached hydrogen (secondary N) is 1. The molecule has 1 heterocycles. The number of phenols is 1. The van der Waals surface area contributed by atoms with Crippen molar-refractivity contribution in [3.8, 4) is 5.75 Å². The molecular weight excluding hydrogens is 264 g/mol. The van der Waals surface area contributed by atoms with Gasteiger partial charge in [-0.05, 0) is 61.9 Å². The summed E-state index contributed by atoms with van der Waals surface area (Å²) in [5.74, 6) is 0.455. The monoisotopic (exact) mass is 288 g/mol. The van der Waals surface area contributed by atoms with E-state index in [4.69, 9.17) is 0 Å². The van der Waals surface area contributed by atoms with Crippen molar-refractivity contribution in [2.75, 3.05) is 13.6 Å². The molecule has 2 N–H and O–H groups in total. The normalized spacial score (nSPS) is 26.1. The number of carbonyl (C=O) groups excluding carboxylic acids is 1. The summed E-state index contributed by atoms with van der Waals surface area (Å²) < 4.78 is 0. The largest absolute Gasteiger partial charge is 0.508 e. The third-order valence-corrected chi connectivity index (χ3v) is 4.91. The first kappa shape index (κ1) is 14.4. The van der Waals surface area contributed by atoms with Crippen LogP contribution in [0.25, 0.3) is 0 Å². The summed E-state index contributed by atoms with van der Waals surface area (Å²) in [5, 5.41) is 12.6. The maximum Gasteiger partial charge on any atom is 0.237 e. The van der Waals surface area contributed by atoms with E-state index in [1.807, 2.05) is 12.1 Å². The zero-order valence-corrected chi connectivity index (χ0v) is 12.6. The third kappa shape index (κ3) is 2.77. The molecule has 0 aromatic heterocycles. The molecule has 1 aliphatic carbocycles.